The molecule has 0 aliphatic rings. The third-order valence-corrected chi connectivity index (χ3v) is 10.5. The second kappa shape index (κ2) is 14.1. The number of para-hydroxylation sites is 1. The van der Waals surface area contributed by atoms with Crippen LogP contribution >= 0.6 is 0 Å². The Morgan fingerprint density at radius 1 is 0.396 bits per heavy atom. The van der Waals surface area contributed by atoms with E-state index in [0.717, 1.165) is 29.9 Å². The zero-order valence-electron chi connectivity index (χ0n) is 29.6. The molecule has 0 saturated heterocycles. The van der Waals surface area contributed by atoms with Gasteiger partial charge in [-0.25, -0.2) is 0 Å². The third kappa shape index (κ3) is 6.17. The van der Waals surface area contributed by atoms with Crippen LogP contribution in [0.3, 0.4) is 0 Å². The maximum Gasteiger partial charge on any atom is 0.0540 e. The largest absolute Gasteiger partial charge is 0.310 e. The zero-order chi connectivity index (χ0) is 35.6. The maximum atomic E-state index is 4.00. The standard InChI is InChI=1S/C52H39N/c1-2-3-15-42-34-40-18-7-8-19-41(40)35-50(42)38-26-30-44(31-27-38)53(52-25-14-13-22-47(52)37-16-5-4-6-17-37)45-32-28-39(29-33-45)51-36-43-20-9-10-21-46(43)48-23-11-12-24-49(48)51/h2,4-14,16-36H,1,3,15H2. The molecule has 0 atom stereocenters. The SMILES string of the molecule is C=CCCc1cc2ccccc2cc1-c1ccc(N(c2ccc(-c3cc4ccccc4c4ccccc34)cc2)c2ccccc2-c2ccccc2)cc1. The van der Waals surface area contributed by atoms with Gasteiger partial charge in [-0.2, -0.15) is 0 Å². The van der Waals surface area contributed by atoms with Gasteiger partial charge < -0.3 is 4.90 Å². The van der Waals surface area contributed by atoms with Gasteiger partial charge in [0.2, 0.25) is 0 Å². The maximum absolute atomic E-state index is 4.00. The number of nitrogens with zero attached hydrogens (tertiary/aromatic N) is 1. The number of aryl methyl sites for hydroxylation is 1. The lowest BCUT2D eigenvalue weighted by atomic mass is 9.92. The van der Waals surface area contributed by atoms with Crippen LogP contribution in [0.1, 0.15) is 12.0 Å². The van der Waals surface area contributed by atoms with Crippen molar-refractivity contribution in [2.75, 3.05) is 4.90 Å². The van der Waals surface area contributed by atoms with Crippen LogP contribution in [0.25, 0.3) is 65.7 Å². The molecule has 0 bridgehead atoms. The Morgan fingerprint density at radius 2 is 0.906 bits per heavy atom. The van der Waals surface area contributed by atoms with Crippen LogP contribution in [0.5, 0.6) is 0 Å². The molecular weight excluding hydrogens is 639 g/mol. The Kier molecular flexibility index (Phi) is 8.60. The van der Waals surface area contributed by atoms with Gasteiger partial charge in [0.15, 0.2) is 0 Å². The molecule has 0 unspecified atom stereocenters. The second-order valence-corrected chi connectivity index (χ2v) is 13.7. The van der Waals surface area contributed by atoms with E-state index >= 15 is 0 Å². The first-order valence-corrected chi connectivity index (χ1v) is 18.4. The molecule has 53 heavy (non-hydrogen) atoms. The summed E-state index contributed by atoms with van der Waals surface area (Å²) in [5.41, 5.74) is 12.0. The number of hydrogen-bond donors (Lipinski definition) is 0. The molecule has 1 heteroatoms. The van der Waals surface area contributed by atoms with E-state index in [1.54, 1.807) is 0 Å². The van der Waals surface area contributed by atoms with Gasteiger partial charge in [-0.3, -0.25) is 0 Å². The highest BCUT2D eigenvalue weighted by Crippen LogP contribution is 2.43. The van der Waals surface area contributed by atoms with Crippen LogP contribution in [0, 0.1) is 0 Å². The quantitative estimate of drug-likeness (QED) is 0.109. The fourth-order valence-electron chi connectivity index (χ4n) is 7.85. The summed E-state index contributed by atoms with van der Waals surface area (Å²) in [5, 5.41) is 7.61. The van der Waals surface area contributed by atoms with Gasteiger partial charge in [-0.1, -0.05) is 158 Å². The number of benzene rings is 9. The van der Waals surface area contributed by atoms with E-state index < -0.39 is 0 Å². The average molecular weight is 678 g/mol. The highest BCUT2D eigenvalue weighted by Gasteiger charge is 2.18. The van der Waals surface area contributed by atoms with Gasteiger partial charge in [0.1, 0.15) is 0 Å². The molecule has 0 aliphatic heterocycles. The summed E-state index contributed by atoms with van der Waals surface area (Å²) in [5.74, 6) is 0. The molecular formula is C52H39N. The van der Waals surface area contributed by atoms with Crippen LogP contribution in [-0.2, 0) is 6.42 Å². The Hall–Kier alpha value is -6.70. The summed E-state index contributed by atoms with van der Waals surface area (Å²) in [7, 11) is 0. The minimum absolute atomic E-state index is 0.943. The van der Waals surface area contributed by atoms with Gasteiger partial charge in [0.05, 0.1) is 5.69 Å². The molecule has 252 valence electrons. The number of allylic oxidation sites excluding steroid dienone is 1. The van der Waals surface area contributed by atoms with Crippen LogP contribution in [0.4, 0.5) is 17.1 Å². The van der Waals surface area contributed by atoms with Gasteiger partial charge >= 0.3 is 0 Å². The molecule has 0 spiro atoms. The van der Waals surface area contributed by atoms with Gasteiger partial charge in [0, 0.05) is 16.9 Å². The Bertz CT molecular complexity index is 2720. The van der Waals surface area contributed by atoms with Crippen molar-refractivity contribution in [2.45, 2.75) is 12.8 Å². The van der Waals surface area contributed by atoms with E-state index in [-0.39, 0.29) is 0 Å². The fourth-order valence-corrected chi connectivity index (χ4v) is 7.85. The van der Waals surface area contributed by atoms with Crippen LogP contribution in [0.2, 0.25) is 0 Å². The Balaban J connectivity index is 1.17. The molecule has 1 nitrogen and oxygen atoms in total. The molecule has 0 amide bonds. The molecule has 9 aromatic rings. The molecule has 0 saturated carbocycles. The van der Waals surface area contributed by atoms with E-state index in [1.165, 1.54) is 71.3 Å². The van der Waals surface area contributed by atoms with Crippen molar-refractivity contribution in [3.8, 4) is 33.4 Å². The highest BCUT2D eigenvalue weighted by molar-refractivity contribution is 6.13. The minimum atomic E-state index is 0.943. The molecule has 0 aliphatic carbocycles. The highest BCUT2D eigenvalue weighted by atomic mass is 15.1. The average Bonchev–Trinajstić information content (AvgIpc) is 3.23. The van der Waals surface area contributed by atoms with Gasteiger partial charge in [-0.15, -0.1) is 6.58 Å². The number of anilines is 3. The van der Waals surface area contributed by atoms with Crippen molar-refractivity contribution in [3.63, 3.8) is 0 Å². The number of rotatable bonds is 9. The molecule has 0 heterocycles. The molecule has 0 N–H and O–H groups in total. The Labute approximate surface area is 311 Å². The summed E-state index contributed by atoms with van der Waals surface area (Å²) in [6, 6.07) is 70.7. The van der Waals surface area contributed by atoms with E-state index in [4.69, 9.17) is 0 Å². The topological polar surface area (TPSA) is 3.24 Å². The summed E-state index contributed by atoms with van der Waals surface area (Å²) in [6.45, 7) is 4.00. The first kappa shape index (κ1) is 32.2. The fraction of sp³-hybridized carbons (Fsp3) is 0.0385. The summed E-state index contributed by atoms with van der Waals surface area (Å²) in [4.78, 5) is 2.40. The molecule has 9 aromatic carbocycles. The van der Waals surface area contributed by atoms with Crippen LogP contribution in [0.15, 0.2) is 207 Å². The number of hydrogen-bond acceptors (Lipinski definition) is 1. The lowest BCUT2D eigenvalue weighted by Crippen LogP contribution is -2.11. The molecule has 0 aromatic heterocycles. The lowest BCUT2D eigenvalue weighted by Gasteiger charge is -2.28. The summed E-state index contributed by atoms with van der Waals surface area (Å²) in [6.07, 6.45) is 3.91. The Morgan fingerprint density at radius 3 is 1.60 bits per heavy atom. The van der Waals surface area contributed by atoms with Gasteiger partial charge in [0.25, 0.3) is 0 Å². The summed E-state index contributed by atoms with van der Waals surface area (Å²) >= 11 is 0. The minimum Gasteiger partial charge on any atom is -0.310 e. The van der Waals surface area contributed by atoms with Crippen molar-refractivity contribution in [3.05, 3.63) is 212 Å². The van der Waals surface area contributed by atoms with Crippen molar-refractivity contribution < 1.29 is 0 Å². The zero-order valence-corrected chi connectivity index (χ0v) is 29.6. The first-order valence-electron chi connectivity index (χ1n) is 18.4. The second-order valence-electron chi connectivity index (χ2n) is 13.7. The normalized spacial score (nSPS) is 11.2. The van der Waals surface area contributed by atoms with Crippen LogP contribution < -0.4 is 4.90 Å². The molecule has 0 radical (unpaired) electrons. The van der Waals surface area contributed by atoms with Crippen molar-refractivity contribution in [1.82, 2.24) is 0 Å². The predicted octanol–water partition coefficient (Wildman–Crippen LogP) is 14.7. The van der Waals surface area contributed by atoms with E-state index in [0.29, 0.717) is 0 Å². The van der Waals surface area contributed by atoms with Crippen molar-refractivity contribution >= 4 is 49.4 Å². The molecule has 9 rings (SSSR count). The predicted molar refractivity (Wildman–Crippen MR) is 228 cm³/mol. The van der Waals surface area contributed by atoms with E-state index in [9.17, 15) is 0 Å². The van der Waals surface area contributed by atoms with Crippen molar-refractivity contribution in [1.29, 1.82) is 0 Å². The smallest absolute Gasteiger partial charge is 0.0540 e. The molecule has 0 fully saturated rings. The van der Waals surface area contributed by atoms with Crippen molar-refractivity contribution in [2.24, 2.45) is 0 Å². The van der Waals surface area contributed by atoms with Gasteiger partial charge in [-0.05, 0) is 121 Å². The summed E-state index contributed by atoms with van der Waals surface area (Å²) < 4.78 is 0. The first-order chi connectivity index (χ1) is 26.2. The lowest BCUT2D eigenvalue weighted by molar-refractivity contribution is 1.01. The third-order valence-electron chi connectivity index (χ3n) is 10.5. The number of fused-ring (bicyclic) bond motifs is 4. The van der Waals surface area contributed by atoms with E-state index in [1.807, 2.05) is 6.08 Å². The monoisotopic (exact) mass is 677 g/mol. The van der Waals surface area contributed by atoms with Crippen LogP contribution in [-0.4, -0.2) is 0 Å². The van der Waals surface area contributed by atoms with E-state index in [2.05, 4.69) is 206 Å².